The van der Waals surface area contributed by atoms with Crippen LogP contribution in [-0.2, 0) is 11.3 Å². The van der Waals surface area contributed by atoms with Gasteiger partial charge in [0.1, 0.15) is 11.3 Å². The van der Waals surface area contributed by atoms with Crippen LogP contribution in [0.15, 0.2) is 22.6 Å². The molecule has 1 heterocycles. The molecule has 0 bridgehead atoms. The molecule has 5 nitrogen and oxygen atoms in total. The van der Waals surface area contributed by atoms with Gasteiger partial charge in [-0.15, -0.1) is 0 Å². The Hall–Kier alpha value is -2.01. The molecule has 21 heavy (non-hydrogen) atoms. The van der Waals surface area contributed by atoms with Crippen LogP contribution in [0.1, 0.15) is 35.9 Å². The number of methoxy groups -OCH3 is 1. The average molecular weight is 289 g/mol. The first-order chi connectivity index (χ1) is 10.2. The Morgan fingerprint density at radius 3 is 2.90 bits per heavy atom. The van der Waals surface area contributed by atoms with Crippen molar-refractivity contribution in [2.45, 2.75) is 32.4 Å². The van der Waals surface area contributed by atoms with Crippen LogP contribution in [0.3, 0.4) is 0 Å². The molecule has 0 saturated heterocycles. The number of furan rings is 1. The zero-order valence-corrected chi connectivity index (χ0v) is 12.3. The number of benzene rings is 1. The van der Waals surface area contributed by atoms with Crippen molar-refractivity contribution in [3.8, 4) is 5.75 Å². The predicted molar refractivity (Wildman–Crippen MR) is 78.6 cm³/mol. The Balaban J connectivity index is 1.99. The lowest BCUT2D eigenvalue weighted by Crippen LogP contribution is -2.17. The van der Waals surface area contributed by atoms with Gasteiger partial charge in [0.05, 0.1) is 13.7 Å². The van der Waals surface area contributed by atoms with E-state index in [1.54, 1.807) is 20.1 Å². The Morgan fingerprint density at radius 2 is 2.24 bits per heavy atom. The quantitative estimate of drug-likeness (QED) is 0.829. The van der Waals surface area contributed by atoms with Crippen molar-refractivity contribution >= 4 is 16.9 Å². The van der Waals surface area contributed by atoms with Gasteiger partial charge in [0.2, 0.25) is 5.76 Å². The van der Waals surface area contributed by atoms with E-state index >= 15 is 0 Å². The van der Waals surface area contributed by atoms with Gasteiger partial charge < -0.3 is 19.2 Å². The van der Waals surface area contributed by atoms with Crippen LogP contribution in [0.4, 0.5) is 0 Å². The summed E-state index contributed by atoms with van der Waals surface area (Å²) in [6.07, 6.45) is 2.39. The van der Waals surface area contributed by atoms with E-state index in [0.29, 0.717) is 30.5 Å². The molecule has 3 rings (SSSR count). The molecule has 1 aliphatic rings. The van der Waals surface area contributed by atoms with Crippen molar-refractivity contribution in [3.05, 3.63) is 29.5 Å². The Bertz CT molecular complexity index is 658. The van der Waals surface area contributed by atoms with E-state index in [-0.39, 0.29) is 5.76 Å². The number of rotatable bonds is 6. The first kappa shape index (κ1) is 13.9. The van der Waals surface area contributed by atoms with Gasteiger partial charge in [-0.25, -0.2) is 4.79 Å². The maximum atomic E-state index is 12.1. The summed E-state index contributed by atoms with van der Waals surface area (Å²) in [5, 5.41) is 4.34. The van der Waals surface area contributed by atoms with Crippen molar-refractivity contribution < 1.29 is 18.7 Å². The second-order valence-corrected chi connectivity index (χ2v) is 5.15. The number of fused-ring (bicyclic) bond motifs is 1. The summed E-state index contributed by atoms with van der Waals surface area (Å²) >= 11 is 0. The third-order valence-corrected chi connectivity index (χ3v) is 3.61. The largest absolute Gasteiger partial charge is 0.497 e. The highest BCUT2D eigenvalue weighted by atomic mass is 16.5. The summed E-state index contributed by atoms with van der Waals surface area (Å²) in [5.41, 5.74) is 1.50. The summed E-state index contributed by atoms with van der Waals surface area (Å²) in [6.45, 7) is 2.72. The first-order valence-corrected chi connectivity index (χ1v) is 7.22. The number of hydrogen-bond acceptors (Lipinski definition) is 5. The number of esters is 1. The molecule has 1 aromatic heterocycles. The van der Waals surface area contributed by atoms with Gasteiger partial charge in [-0.05, 0) is 31.9 Å². The van der Waals surface area contributed by atoms with Gasteiger partial charge >= 0.3 is 5.97 Å². The summed E-state index contributed by atoms with van der Waals surface area (Å²) in [4.78, 5) is 12.1. The van der Waals surface area contributed by atoms with Gasteiger partial charge in [0.25, 0.3) is 0 Å². The molecule has 1 saturated carbocycles. The Kier molecular flexibility index (Phi) is 3.84. The molecule has 1 fully saturated rings. The van der Waals surface area contributed by atoms with Crippen LogP contribution >= 0.6 is 0 Å². The van der Waals surface area contributed by atoms with Crippen molar-refractivity contribution in [1.82, 2.24) is 5.32 Å². The SMILES string of the molecule is CCOC(=O)c1oc2cc(OC)ccc2c1CNC1CC1. The van der Waals surface area contributed by atoms with Crippen molar-refractivity contribution in [2.75, 3.05) is 13.7 Å². The molecule has 0 atom stereocenters. The molecule has 0 amide bonds. The molecule has 0 unspecified atom stereocenters. The summed E-state index contributed by atoms with van der Waals surface area (Å²) in [7, 11) is 1.60. The molecule has 2 aromatic rings. The van der Waals surface area contributed by atoms with Crippen LogP contribution in [0.25, 0.3) is 11.0 Å². The van der Waals surface area contributed by atoms with Gasteiger partial charge in [-0.2, -0.15) is 0 Å². The normalized spacial score (nSPS) is 14.4. The first-order valence-electron chi connectivity index (χ1n) is 7.22. The second-order valence-electron chi connectivity index (χ2n) is 5.15. The third-order valence-electron chi connectivity index (χ3n) is 3.61. The van der Waals surface area contributed by atoms with Crippen molar-refractivity contribution in [3.63, 3.8) is 0 Å². The Labute approximate surface area is 123 Å². The van der Waals surface area contributed by atoms with Gasteiger partial charge in [-0.1, -0.05) is 0 Å². The minimum atomic E-state index is -0.416. The van der Waals surface area contributed by atoms with Crippen LogP contribution in [0.5, 0.6) is 5.75 Å². The lowest BCUT2D eigenvalue weighted by Gasteiger charge is -2.04. The molecular formula is C16H19NO4. The highest BCUT2D eigenvalue weighted by molar-refractivity contribution is 5.96. The maximum Gasteiger partial charge on any atom is 0.374 e. The Morgan fingerprint density at radius 1 is 1.43 bits per heavy atom. The van der Waals surface area contributed by atoms with E-state index in [1.165, 1.54) is 12.8 Å². The fourth-order valence-corrected chi connectivity index (χ4v) is 2.33. The topological polar surface area (TPSA) is 60.7 Å². The number of ether oxygens (including phenoxy) is 2. The number of hydrogen-bond donors (Lipinski definition) is 1. The van der Waals surface area contributed by atoms with Crippen LogP contribution < -0.4 is 10.1 Å². The number of carbonyl (C=O) groups excluding carboxylic acids is 1. The molecule has 1 N–H and O–H groups in total. The standard InChI is InChI=1S/C16H19NO4/c1-3-20-16(18)15-13(9-17-10-4-5-10)12-7-6-11(19-2)8-14(12)21-15/h6-8,10,17H,3-5,9H2,1-2H3. The van der Waals surface area contributed by atoms with E-state index < -0.39 is 5.97 Å². The minimum absolute atomic E-state index is 0.285. The lowest BCUT2D eigenvalue weighted by atomic mass is 10.1. The molecule has 1 aromatic carbocycles. The van der Waals surface area contributed by atoms with Gasteiger partial charge in [-0.3, -0.25) is 0 Å². The van der Waals surface area contributed by atoms with E-state index in [1.807, 2.05) is 12.1 Å². The number of carbonyl (C=O) groups is 1. The fraction of sp³-hybridized carbons (Fsp3) is 0.438. The van der Waals surface area contributed by atoms with Gasteiger partial charge in [0.15, 0.2) is 0 Å². The molecule has 112 valence electrons. The molecular weight excluding hydrogens is 270 g/mol. The second kappa shape index (κ2) is 5.77. The zero-order valence-electron chi connectivity index (χ0n) is 12.3. The third kappa shape index (κ3) is 2.88. The predicted octanol–water partition coefficient (Wildman–Crippen LogP) is 2.87. The highest BCUT2D eigenvalue weighted by Gasteiger charge is 2.25. The van der Waals surface area contributed by atoms with Crippen LogP contribution in [-0.4, -0.2) is 25.7 Å². The molecule has 0 aliphatic heterocycles. The summed E-state index contributed by atoms with van der Waals surface area (Å²) < 4.78 is 16.0. The van der Waals surface area contributed by atoms with E-state index in [4.69, 9.17) is 13.9 Å². The monoisotopic (exact) mass is 289 g/mol. The molecule has 0 spiro atoms. The van der Waals surface area contributed by atoms with Crippen molar-refractivity contribution in [2.24, 2.45) is 0 Å². The van der Waals surface area contributed by atoms with E-state index in [9.17, 15) is 4.79 Å². The molecule has 5 heteroatoms. The minimum Gasteiger partial charge on any atom is -0.497 e. The summed E-state index contributed by atoms with van der Waals surface area (Å²) in [5.74, 6) is 0.571. The van der Waals surface area contributed by atoms with Gasteiger partial charge in [0, 0.05) is 29.6 Å². The summed E-state index contributed by atoms with van der Waals surface area (Å²) in [6, 6.07) is 6.14. The van der Waals surface area contributed by atoms with E-state index in [0.717, 1.165) is 10.9 Å². The fourth-order valence-electron chi connectivity index (χ4n) is 2.33. The molecule has 1 aliphatic carbocycles. The van der Waals surface area contributed by atoms with Crippen molar-refractivity contribution in [1.29, 1.82) is 0 Å². The highest BCUT2D eigenvalue weighted by Crippen LogP contribution is 2.30. The van der Waals surface area contributed by atoms with Crippen LogP contribution in [0, 0.1) is 0 Å². The van der Waals surface area contributed by atoms with E-state index in [2.05, 4.69) is 5.32 Å². The number of nitrogens with one attached hydrogen (secondary N) is 1. The smallest absolute Gasteiger partial charge is 0.374 e. The lowest BCUT2D eigenvalue weighted by molar-refractivity contribution is 0.0490. The van der Waals surface area contributed by atoms with Crippen LogP contribution in [0.2, 0.25) is 0 Å². The maximum absolute atomic E-state index is 12.1. The average Bonchev–Trinajstić information content (AvgIpc) is 3.25. The zero-order chi connectivity index (χ0) is 14.8. The molecule has 0 radical (unpaired) electrons.